The van der Waals surface area contributed by atoms with Crippen molar-refractivity contribution in [1.29, 1.82) is 0 Å². The molecule has 3 aromatic rings. The second-order valence-corrected chi connectivity index (χ2v) is 8.09. The molecule has 0 saturated carbocycles. The molecule has 3 heterocycles. The summed E-state index contributed by atoms with van der Waals surface area (Å²) >= 11 is 1.76. The van der Waals surface area contributed by atoms with Crippen molar-refractivity contribution < 1.29 is 9.29 Å². The maximum Gasteiger partial charge on any atom is 0.215 e. The van der Waals surface area contributed by atoms with E-state index in [1.807, 2.05) is 4.68 Å². The summed E-state index contributed by atoms with van der Waals surface area (Å²) in [7, 11) is 0. The summed E-state index contributed by atoms with van der Waals surface area (Å²) < 4.78 is 15.0. The van der Waals surface area contributed by atoms with Gasteiger partial charge in [-0.05, 0) is 58.3 Å². The van der Waals surface area contributed by atoms with E-state index < -0.39 is 0 Å². The Morgan fingerprint density at radius 1 is 1.23 bits per heavy atom. The quantitative estimate of drug-likeness (QED) is 0.748. The summed E-state index contributed by atoms with van der Waals surface area (Å²) in [5.41, 5.74) is 0.993. The minimum atomic E-state index is -0.228. The predicted octanol–water partition coefficient (Wildman–Crippen LogP) is 2.33. The lowest BCUT2D eigenvalue weighted by Gasteiger charge is -2.32. The number of nitrogens with one attached hydrogen (secondary N) is 1. The molecule has 1 N–H and O–H groups in total. The number of thiophene rings is 1. The summed E-state index contributed by atoms with van der Waals surface area (Å²) in [5.74, 6) is 1.45. The van der Waals surface area contributed by atoms with Gasteiger partial charge in [-0.15, -0.1) is 16.4 Å². The van der Waals surface area contributed by atoms with Gasteiger partial charge in [-0.3, -0.25) is 0 Å². The molecule has 2 aromatic heterocycles. The van der Waals surface area contributed by atoms with Gasteiger partial charge in [-0.1, -0.05) is 25.1 Å². The molecule has 26 heavy (non-hydrogen) atoms. The zero-order chi connectivity index (χ0) is 17.9. The topological polar surface area (TPSA) is 48.0 Å². The Labute approximate surface area is 156 Å². The Morgan fingerprint density at radius 2 is 2.00 bits per heavy atom. The van der Waals surface area contributed by atoms with E-state index in [9.17, 15) is 4.39 Å². The monoisotopic (exact) mass is 372 g/mol. The van der Waals surface area contributed by atoms with Crippen LogP contribution in [0, 0.1) is 11.7 Å². The van der Waals surface area contributed by atoms with E-state index in [0.717, 1.165) is 30.4 Å². The Morgan fingerprint density at radius 3 is 2.69 bits per heavy atom. The van der Waals surface area contributed by atoms with Gasteiger partial charge < -0.3 is 4.90 Å². The number of halogens is 1. The normalized spacial score (nSPS) is 21.6. The fraction of sp³-hybridized carbons (Fsp3) is 0.421. The van der Waals surface area contributed by atoms with Gasteiger partial charge in [0.25, 0.3) is 0 Å². The van der Waals surface area contributed by atoms with E-state index >= 15 is 0 Å². The highest BCUT2D eigenvalue weighted by atomic mass is 32.1. The van der Waals surface area contributed by atoms with E-state index in [-0.39, 0.29) is 11.9 Å². The molecular weight excluding hydrogens is 349 g/mol. The molecular formula is C19H23FN5S+. The number of benzene rings is 1. The molecule has 0 amide bonds. The molecule has 1 fully saturated rings. The van der Waals surface area contributed by atoms with Crippen molar-refractivity contribution >= 4 is 11.3 Å². The first kappa shape index (κ1) is 17.3. The van der Waals surface area contributed by atoms with Crippen LogP contribution in [0.3, 0.4) is 0 Å². The van der Waals surface area contributed by atoms with Crippen molar-refractivity contribution in [2.75, 3.05) is 13.1 Å². The van der Waals surface area contributed by atoms with Crippen LogP contribution < -0.4 is 4.90 Å². The first-order valence-electron chi connectivity index (χ1n) is 9.09. The van der Waals surface area contributed by atoms with Gasteiger partial charge in [0.05, 0.1) is 24.5 Å². The summed E-state index contributed by atoms with van der Waals surface area (Å²) in [6.45, 7) is 5.14. The van der Waals surface area contributed by atoms with E-state index in [4.69, 9.17) is 0 Å². The molecule has 136 valence electrons. The van der Waals surface area contributed by atoms with Crippen molar-refractivity contribution in [3.63, 3.8) is 0 Å². The van der Waals surface area contributed by atoms with Gasteiger partial charge >= 0.3 is 0 Å². The van der Waals surface area contributed by atoms with Crippen molar-refractivity contribution in [2.45, 2.75) is 32.4 Å². The molecule has 0 bridgehead atoms. The van der Waals surface area contributed by atoms with Crippen LogP contribution in [-0.2, 0) is 6.54 Å². The zero-order valence-electron chi connectivity index (χ0n) is 14.8. The lowest BCUT2D eigenvalue weighted by molar-refractivity contribution is -0.931. The van der Waals surface area contributed by atoms with Crippen molar-refractivity contribution in [3.8, 4) is 0 Å². The maximum absolute atomic E-state index is 13.2. The summed E-state index contributed by atoms with van der Waals surface area (Å²) in [6, 6.07) is 11.0. The third-order valence-electron chi connectivity index (χ3n) is 5.22. The van der Waals surface area contributed by atoms with Crippen molar-refractivity contribution in [1.82, 2.24) is 20.2 Å². The van der Waals surface area contributed by atoms with Gasteiger partial charge in [-0.25, -0.2) is 9.07 Å². The number of hydrogen-bond donors (Lipinski definition) is 1. The van der Waals surface area contributed by atoms with E-state index in [0.29, 0.717) is 6.54 Å². The predicted molar refractivity (Wildman–Crippen MR) is 98.6 cm³/mol. The van der Waals surface area contributed by atoms with Crippen LogP contribution >= 0.6 is 11.3 Å². The van der Waals surface area contributed by atoms with Crippen LogP contribution in [0.2, 0.25) is 0 Å². The molecule has 0 unspecified atom stereocenters. The summed E-state index contributed by atoms with van der Waals surface area (Å²) in [4.78, 5) is 2.82. The zero-order valence-corrected chi connectivity index (χ0v) is 15.6. The Hall–Kier alpha value is -2.12. The van der Waals surface area contributed by atoms with Crippen LogP contribution in [0.5, 0.6) is 0 Å². The average Bonchev–Trinajstić information content (AvgIpc) is 3.32. The van der Waals surface area contributed by atoms with Crippen molar-refractivity contribution in [3.05, 3.63) is 63.9 Å². The molecule has 0 aliphatic carbocycles. The Balaban J connectivity index is 1.64. The molecule has 1 aliphatic heterocycles. The summed E-state index contributed by atoms with van der Waals surface area (Å²) in [5, 5.41) is 14.7. The first-order valence-corrected chi connectivity index (χ1v) is 9.97. The van der Waals surface area contributed by atoms with Crippen LogP contribution in [0.25, 0.3) is 0 Å². The van der Waals surface area contributed by atoms with Crippen LogP contribution in [0.15, 0.2) is 41.8 Å². The van der Waals surface area contributed by atoms with Crippen LogP contribution in [-0.4, -0.2) is 33.3 Å². The van der Waals surface area contributed by atoms with Crippen LogP contribution in [0.1, 0.15) is 42.1 Å². The van der Waals surface area contributed by atoms with Crippen molar-refractivity contribution in [2.24, 2.45) is 5.92 Å². The standard InChI is InChI=1S/C19H22FN5S/c1-14-8-10-24(11-9-14)18(17-3-2-12-26-17)19-21-22-23-25(19)13-15-4-6-16(20)7-5-15/h2-7,12,14,18H,8-11,13H2,1H3/p+1/t18-/m1/s1. The molecule has 1 aliphatic rings. The average molecular weight is 372 g/mol. The second kappa shape index (κ2) is 7.63. The van der Waals surface area contributed by atoms with Gasteiger partial charge in [0, 0.05) is 0 Å². The number of quaternary nitrogens is 1. The number of aromatic nitrogens is 4. The lowest BCUT2D eigenvalue weighted by Crippen LogP contribution is -3.13. The Bertz CT molecular complexity index is 822. The number of likely N-dealkylation sites (tertiary alicyclic amines) is 1. The minimum absolute atomic E-state index is 0.151. The fourth-order valence-corrected chi connectivity index (χ4v) is 4.56. The molecule has 4 rings (SSSR count). The smallest absolute Gasteiger partial charge is 0.215 e. The maximum atomic E-state index is 13.2. The lowest BCUT2D eigenvalue weighted by atomic mass is 9.97. The van der Waals surface area contributed by atoms with Gasteiger partial charge in [0.1, 0.15) is 5.82 Å². The summed E-state index contributed by atoms with van der Waals surface area (Å²) in [6.07, 6.45) is 2.47. The molecule has 1 atom stereocenters. The first-order chi connectivity index (χ1) is 12.7. The highest BCUT2D eigenvalue weighted by Gasteiger charge is 2.34. The molecule has 7 heteroatoms. The molecule has 0 radical (unpaired) electrons. The van der Waals surface area contributed by atoms with Gasteiger partial charge in [0.2, 0.25) is 5.82 Å². The Kier molecular flexibility index (Phi) is 5.08. The number of rotatable bonds is 5. The molecule has 5 nitrogen and oxygen atoms in total. The van der Waals surface area contributed by atoms with Gasteiger partial charge in [0.15, 0.2) is 6.04 Å². The molecule has 0 spiro atoms. The second-order valence-electron chi connectivity index (χ2n) is 7.11. The highest BCUT2D eigenvalue weighted by molar-refractivity contribution is 7.10. The SMILES string of the molecule is CC1CC[NH+]([C@H](c2cccs2)c2nnnn2Cc2ccc(F)cc2)CC1. The highest BCUT2D eigenvalue weighted by Crippen LogP contribution is 2.23. The van der Waals surface area contributed by atoms with E-state index in [1.165, 1.54) is 34.8 Å². The largest absolute Gasteiger partial charge is 0.322 e. The third-order valence-corrected chi connectivity index (χ3v) is 6.15. The van der Waals surface area contributed by atoms with E-state index in [2.05, 4.69) is 40.0 Å². The number of piperidine rings is 1. The van der Waals surface area contributed by atoms with Gasteiger partial charge in [-0.2, -0.15) is 0 Å². The molecule has 1 saturated heterocycles. The van der Waals surface area contributed by atoms with Crippen LogP contribution in [0.4, 0.5) is 4.39 Å². The molecule has 1 aromatic carbocycles. The minimum Gasteiger partial charge on any atom is -0.322 e. The van der Waals surface area contributed by atoms with E-state index in [1.54, 1.807) is 23.5 Å². The fourth-order valence-electron chi connectivity index (χ4n) is 3.68. The number of nitrogens with zero attached hydrogens (tertiary/aromatic N) is 4. The number of hydrogen-bond acceptors (Lipinski definition) is 4. The third kappa shape index (κ3) is 3.68. The number of tetrazole rings is 1.